The summed E-state index contributed by atoms with van der Waals surface area (Å²) in [4.78, 5) is 52.7. The highest BCUT2D eigenvalue weighted by molar-refractivity contribution is 5.92. The second kappa shape index (κ2) is 6.68. The molecule has 2 aliphatic rings. The van der Waals surface area contributed by atoms with Crippen LogP contribution in [0.2, 0.25) is 0 Å². The van der Waals surface area contributed by atoms with Crippen LogP contribution in [0.15, 0.2) is 58.1 Å². The summed E-state index contributed by atoms with van der Waals surface area (Å²) in [5, 5.41) is 11.5. The third kappa shape index (κ3) is 3.02. The van der Waals surface area contributed by atoms with E-state index in [0.717, 1.165) is 0 Å². The minimum absolute atomic E-state index is 0.0575. The quantitative estimate of drug-likeness (QED) is 0.243. The number of carbonyl (C=O) groups excluding carboxylic acids is 1. The van der Waals surface area contributed by atoms with Crippen LogP contribution in [0.1, 0.15) is 10.4 Å². The molecular formula is C19H12N4O6. The van der Waals surface area contributed by atoms with E-state index >= 15 is 0 Å². The SMILES string of the molecule is COC(=O)c1cccc(-n2c3nc(=O)[nH]c(=O)c-3cc3cc([N+](=O)[O-])ccc32)c1. The number of nitrogens with one attached hydrogen (secondary N) is 1. The number of pyridine rings is 1. The molecule has 0 aliphatic carbocycles. The number of nitro groups is 1. The standard InChI is InChI=1S/C19H12N4O6/c1-29-18(25)10-3-2-4-12(7-10)22-15-6-5-13(23(27)28)8-11(15)9-14-16(22)20-19(26)21-17(14)24/h2-9H,1H3,(H,21,24,26). The second-order valence-electron chi connectivity index (χ2n) is 6.13. The van der Waals surface area contributed by atoms with Crippen LogP contribution >= 0.6 is 0 Å². The van der Waals surface area contributed by atoms with Crippen molar-refractivity contribution in [3.63, 3.8) is 0 Å². The van der Waals surface area contributed by atoms with Gasteiger partial charge in [-0.2, -0.15) is 4.98 Å². The number of aromatic amines is 1. The number of benzene rings is 2. The molecular weight excluding hydrogens is 380 g/mol. The number of hydrogen-bond donors (Lipinski definition) is 1. The molecule has 0 aromatic heterocycles. The maximum atomic E-state index is 12.4. The Balaban J connectivity index is 2.15. The Kier molecular flexibility index (Phi) is 4.15. The Morgan fingerprint density at radius 2 is 1.97 bits per heavy atom. The van der Waals surface area contributed by atoms with Gasteiger partial charge in [0.1, 0.15) is 0 Å². The van der Waals surface area contributed by atoms with Gasteiger partial charge >= 0.3 is 11.7 Å². The van der Waals surface area contributed by atoms with Crippen LogP contribution in [-0.4, -0.2) is 32.5 Å². The minimum atomic E-state index is -0.832. The minimum Gasteiger partial charge on any atom is -0.465 e. The average molecular weight is 392 g/mol. The van der Waals surface area contributed by atoms with Gasteiger partial charge in [0.2, 0.25) is 0 Å². The van der Waals surface area contributed by atoms with Gasteiger partial charge in [0.15, 0.2) is 5.82 Å². The Hall–Kier alpha value is -4.34. The number of non-ortho nitro benzene ring substituents is 1. The van der Waals surface area contributed by atoms with Crippen LogP contribution in [0.3, 0.4) is 0 Å². The van der Waals surface area contributed by atoms with Gasteiger partial charge in [0.25, 0.3) is 11.2 Å². The first kappa shape index (κ1) is 18.0. The van der Waals surface area contributed by atoms with Crippen molar-refractivity contribution in [2.75, 3.05) is 7.11 Å². The summed E-state index contributed by atoms with van der Waals surface area (Å²) in [6, 6.07) is 11.9. The molecule has 10 heteroatoms. The first-order chi connectivity index (χ1) is 13.9. The highest BCUT2D eigenvalue weighted by atomic mass is 16.6. The van der Waals surface area contributed by atoms with Crippen molar-refractivity contribution in [1.82, 2.24) is 14.5 Å². The Morgan fingerprint density at radius 1 is 1.17 bits per heavy atom. The van der Waals surface area contributed by atoms with Crippen LogP contribution < -0.4 is 11.2 Å². The predicted octanol–water partition coefficient (Wildman–Crippen LogP) is 1.87. The number of nitro benzene ring substituents is 1. The number of esters is 1. The fourth-order valence-electron chi connectivity index (χ4n) is 3.15. The molecule has 0 saturated carbocycles. The van der Waals surface area contributed by atoms with E-state index in [2.05, 4.69) is 9.97 Å². The molecule has 2 aliphatic heterocycles. The molecule has 0 atom stereocenters. The second-order valence-corrected chi connectivity index (χ2v) is 6.13. The summed E-state index contributed by atoms with van der Waals surface area (Å²) in [7, 11) is 1.25. The molecule has 0 radical (unpaired) electrons. The monoisotopic (exact) mass is 392 g/mol. The number of nitrogens with zero attached hydrogens (tertiary/aromatic N) is 3. The van der Waals surface area contributed by atoms with Crippen molar-refractivity contribution in [2.24, 2.45) is 0 Å². The van der Waals surface area contributed by atoms with Gasteiger partial charge in [-0.3, -0.25) is 24.5 Å². The van der Waals surface area contributed by atoms with Crippen molar-refractivity contribution in [2.45, 2.75) is 0 Å². The van der Waals surface area contributed by atoms with Gasteiger partial charge in [-0.05, 0) is 30.3 Å². The van der Waals surface area contributed by atoms with Crippen LogP contribution in [-0.2, 0) is 4.74 Å². The van der Waals surface area contributed by atoms with Crippen molar-refractivity contribution >= 4 is 22.6 Å². The third-order valence-electron chi connectivity index (χ3n) is 4.41. The van der Waals surface area contributed by atoms with E-state index in [1.807, 2.05) is 0 Å². The lowest BCUT2D eigenvalue weighted by molar-refractivity contribution is -0.384. The zero-order valence-corrected chi connectivity index (χ0v) is 14.9. The van der Waals surface area contributed by atoms with Gasteiger partial charge in [0.05, 0.1) is 28.7 Å². The molecule has 2 heterocycles. The first-order valence-corrected chi connectivity index (χ1v) is 8.32. The average Bonchev–Trinajstić information content (AvgIpc) is 2.71. The molecule has 2 aromatic rings. The zero-order valence-electron chi connectivity index (χ0n) is 14.9. The fourth-order valence-corrected chi connectivity index (χ4v) is 3.15. The highest BCUT2D eigenvalue weighted by Gasteiger charge is 2.20. The fraction of sp³-hybridized carbons (Fsp3) is 0.0526. The maximum Gasteiger partial charge on any atom is 0.349 e. The normalized spacial score (nSPS) is 10.9. The molecule has 0 amide bonds. The van der Waals surface area contributed by atoms with E-state index < -0.39 is 22.1 Å². The van der Waals surface area contributed by atoms with Gasteiger partial charge in [-0.15, -0.1) is 0 Å². The van der Waals surface area contributed by atoms with Crippen LogP contribution in [0.4, 0.5) is 5.69 Å². The molecule has 2 aromatic carbocycles. The van der Waals surface area contributed by atoms with Crippen molar-refractivity contribution < 1.29 is 14.5 Å². The maximum absolute atomic E-state index is 12.4. The lowest BCUT2D eigenvalue weighted by atomic mass is 10.1. The van der Waals surface area contributed by atoms with Gasteiger partial charge in [-0.1, -0.05) is 6.07 Å². The van der Waals surface area contributed by atoms with Gasteiger partial charge < -0.3 is 4.74 Å². The van der Waals surface area contributed by atoms with E-state index in [1.165, 1.54) is 42.0 Å². The van der Waals surface area contributed by atoms with Crippen LogP contribution in [0, 0.1) is 10.1 Å². The molecule has 10 nitrogen and oxygen atoms in total. The summed E-state index contributed by atoms with van der Waals surface area (Å²) in [5.74, 6) is -0.509. The molecule has 144 valence electrons. The number of ether oxygens (including phenoxy) is 1. The number of H-pyrrole nitrogens is 1. The van der Waals surface area contributed by atoms with Crippen LogP contribution in [0.25, 0.3) is 28.0 Å². The molecule has 0 fully saturated rings. The van der Waals surface area contributed by atoms with E-state index in [-0.39, 0.29) is 22.6 Å². The highest BCUT2D eigenvalue weighted by Crippen LogP contribution is 2.30. The van der Waals surface area contributed by atoms with E-state index in [1.54, 1.807) is 18.2 Å². The largest absolute Gasteiger partial charge is 0.465 e. The summed E-state index contributed by atoms with van der Waals surface area (Å²) in [6.07, 6.45) is 0. The Morgan fingerprint density at radius 3 is 2.69 bits per heavy atom. The van der Waals surface area contributed by atoms with E-state index in [9.17, 15) is 24.5 Å². The van der Waals surface area contributed by atoms with E-state index in [4.69, 9.17) is 4.74 Å². The van der Waals surface area contributed by atoms with Crippen molar-refractivity contribution in [3.8, 4) is 17.1 Å². The lowest BCUT2D eigenvalue weighted by Crippen LogP contribution is -2.27. The first-order valence-electron chi connectivity index (χ1n) is 8.32. The number of hydrogen-bond acceptors (Lipinski definition) is 7. The lowest BCUT2D eigenvalue weighted by Gasteiger charge is -2.18. The van der Waals surface area contributed by atoms with Crippen LogP contribution in [0.5, 0.6) is 0 Å². The Labute approximate surface area is 161 Å². The molecule has 4 rings (SSSR count). The predicted molar refractivity (Wildman–Crippen MR) is 103 cm³/mol. The zero-order chi connectivity index (χ0) is 20.7. The number of methoxy groups -OCH3 is 1. The van der Waals surface area contributed by atoms with Gasteiger partial charge in [-0.25, -0.2) is 9.59 Å². The summed E-state index contributed by atoms with van der Waals surface area (Å²) in [5.41, 5.74) is -0.459. The summed E-state index contributed by atoms with van der Waals surface area (Å²) >= 11 is 0. The van der Waals surface area contributed by atoms with Crippen molar-refractivity contribution in [1.29, 1.82) is 0 Å². The molecule has 0 spiro atoms. The number of aromatic nitrogens is 3. The smallest absolute Gasteiger partial charge is 0.349 e. The number of fused-ring (bicyclic) bond motifs is 2. The topological polar surface area (TPSA) is 137 Å². The summed E-state index contributed by atoms with van der Waals surface area (Å²) < 4.78 is 6.24. The summed E-state index contributed by atoms with van der Waals surface area (Å²) in [6.45, 7) is 0. The molecule has 1 N–H and O–H groups in total. The molecule has 0 saturated heterocycles. The number of carbonyl (C=O) groups is 1. The molecule has 29 heavy (non-hydrogen) atoms. The van der Waals surface area contributed by atoms with Crippen molar-refractivity contribution in [3.05, 3.63) is 85.0 Å². The molecule has 0 unspecified atom stereocenters. The Bertz CT molecular complexity index is 1390. The molecule has 0 bridgehead atoms. The van der Waals surface area contributed by atoms with E-state index in [0.29, 0.717) is 16.6 Å². The number of rotatable bonds is 3. The van der Waals surface area contributed by atoms with Gasteiger partial charge in [0, 0.05) is 23.2 Å². The third-order valence-corrected chi connectivity index (χ3v) is 4.41.